The highest BCUT2D eigenvalue weighted by Gasteiger charge is 2.27. The summed E-state index contributed by atoms with van der Waals surface area (Å²) >= 11 is 0. The Morgan fingerprint density at radius 2 is 2.16 bits per heavy atom. The van der Waals surface area contributed by atoms with Gasteiger partial charge in [-0.2, -0.15) is 0 Å². The maximum Gasteiger partial charge on any atom is 0.321 e. The summed E-state index contributed by atoms with van der Waals surface area (Å²) in [7, 11) is 0. The van der Waals surface area contributed by atoms with Crippen LogP contribution >= 0.6 is 12.4 Å². The van der Waals surface area contributed by atoms with Gasteiger partial charge in [0.2, 0.25) is 5.91 Å². The predicted octanol–water partition coefficient (Wildman–Crippen LogP) is 2.53. The van der Waals surface area contributed by atoms with E-state index in [1.165, 1.54) is 0 Å². The Hall–Kier alpha value is -1.79. The van der Waals surface area contributed by atoms with E-state index in [-0.39, 0.29) is 30.3 Å². The highest BCUT2D eigenvalue weighted by Crippen LogP contribution is 2.31. The highest BCUT2D eigenvalue weighted by atomic mass is 35.5. The molecule has 0 saturated carbocycles. The molecule has 0 unspecified atom stereocenters. The number of nitrogens with one attached hydrogen (secondary N) is 3. The minimum Gasteiger partial charge on any atom is -0.338 e. The standard InChI is InChI=1S/C18H26N4O2.ClH/c1-3-19-18(24)22-9-7-13-4-5-15(11-16(13)22)21-17(23)14-6-8-20-12(2)10-14;/h4-5,11-12,14,20H,3,6-10H2,1-2H3,(H,19,24)(H,21,23);1H/t12-,14-;/m0./s1. The van der Waals surface area contributed by atoms with Crippen molar-refractivity contribution in [1.82, 2.24) is 10.6 Å². The van der Waals surface area contributed by atoms with E-state index in [0.29, 0.717) is 19.1 Å². The van der Waals surface area contributed by atoms with Crippen molar-refractivity contribution in [1.29, 1.82) is 0 Å². The molecule has 0 bridgehead atoms. The summed E-state index contributed by atoms with van der Waals surface area (Å²) in [5.74, 6) is 0.125. The van der Waals surface area contributed by atoms with Gasteiger partial charge in [0.15, 0.2) is 0 Å². The highest BCUT2D eigenvalue weighted by molar-refractivity contribution is 5.97. The van der Waals surface area contributed by atoms with E-state index in [2.05, 4.69) is 22.9 Å². The van der Waals surface area contributed by atoms with Crippen LogP contribution in [0.3, 0.4) is 0 Å². The molecule has 25 heavy (non-hydrogen) atoms. The number of urea groups is 1. The molecule has 0 aromatic heterocycles. The Labute approximate surface area is 155 Å². The average Bonchev–Trinajstić information content (AvgIpc) is 2.98. The fourth-order valence-electron chi connectivity index (χ4n) is 3.53. The van der Waals surface area contributed by atoms with Crippen molar-refractivity contribution in [2.45, 2.75) is 39.2 Å². The van der Waals surface area contributed by atoms with Gasteiger partial charge in [-0.25, -0.2) is 4.79 Å². The minimum absolute atomic E-state index is 0. The zero-order chi connectivity index (χ0) is 17.1. The molecule has 7 heteroatoms. The second-order valence-corrected chi connectivity index (χ2v) is 6.65. The molecule has 3 N–H and O–H groups in total. The summed E-state index contributed by atoms with van der Waals surface area (Å²) in [4.78, 5) is 26.4. The number of anilines is 2. The summed E-state index contributed by atoms with van der Waals surface area (Å²) in [5, 5.41) is 9.23. The second kappa shape index (κ2) is 8.54. The van der Waals surface area contributed by atoms with E-state index in [1.807, 2.05) is 25.1 Å². The molecule has 2 atom stereocenters. The number of fused-ring (bicyclic) bond motifs is 1. The molecule has 1 aromatic rings. The summed E-state index contributed by atoms with van der Waals surface area (Å²) in [6.07, 6.45) is 2.58. The first-order valence-electron chi connectivity index (χ1n) is 8.81. The van der Waals surface area contributed by atoms with Crippen molar-refractivity contribution in [3.63, 3.8) is 0 Å². The summed E-state index contributed by atoms with van der Waals surface area (Å²) in [6, 6.07) is 6.16. The van der Waals surface area contributed by atoms with Crippen LogP contribution in [0.2, 0.25) is 0 Å². The summed E-state index contributed by atoms with van der Waals surface area (Å²) < 4.78 is 0. The van der Waals surface area contributed by atoms with Crippen molar-refractivity contribution in [2.24, 2.45) is 5.92 Å². The number of carbonyl (C=O) groups excluding carboxylic acids is 2. The van der Waals surface area contributed by atoms with E-state index in [4.69, 9.17) is 0 Å². The molecule has 3 rings (SSSR count). The first-order chi connectivity index (χ1) is 11.6. The lowest BCUT2D eigenvalue weighted by Gasteiger charge is -2.27. The quantitative estimate of drug-likeness (QED) is 0.769. The third-order valence-electron chi connectivity index (χ3n) is 4.82. The van der Waals surface area contributed by atoms with Gasteiger partial charge in [0.1, 0.15) is 0 Å². The van der Waals surface area contributed by atoms with Crippen molar-refractivity contribution in [3.05, 3.63) is 23.8 Å². The number of halogens is 1. The van der Waals surface area contributed by atoms with Gasteiger partial charge in [-0.1, -0.05) is 6.07 Å². The molecule has 1 saturated heterocycles. The third kappa shape index (κ3) is 4.44. The van der Waals surface area contributed by atoms with E-state index in [9.17, 15) is 9.59 Å². The topological polar surface area (TPSA) is 73.5 Å². The van der Waals surface area contributed by atoms with E-state index in [0.717, 1.165) is 42.7 Å². The van der Waals surface area contributed by atoms with E-state index in [1.54, 1.807) is 4.90 Å². The third-order valence-corrected chi connectivity index (χ3v) is 4.82. The van der Waals surface area contributed by atoms with Crippen LogP contribution in [0.4, 0.5) is 16.2 Å². The van der Waals surface area contributed by atoms with Gasteiger partial charge in [0.25, 0.3) is 0 Å². The molecule has 2 aliphatic heterocycles. The smallest absolute Gasteiger partial charge is 0.321 e. The van der Waals surface area contributed by atoms with Gasteiger partial charge >= 0.3 is 6.03 Å². The van der Waals surface area contributed by atoms with Crippen molar-refractivity contribution >= 4 is 35.7 Å². The monoisotopic (exact) mass is 366 g/mol. The number of nitrogens with zero attached hydrogens (tertiary/aromatic N) is 1. The normalized spacial score (nSPS) is 21.9. The van der Waals surface area contributed by atoms with Crippen LogP contribution in [0.25, 0.3) is 0 Å². The Morgan fingerprint density at radius 3 is 2.88 bits per heavy atom. The van der Waals surface area contributed by atoms with Gasteiger partial charge in [0.05, 0.1) is 5.69 Å². The van der Waals surface area contributed by atoms with Crippen LogP contribution in [0.5, 0.6) is 0 Å². The Balaban J connectivity index is 0.00000225. The van der Waals surface area contributed by atoms with Crippen LogP contribution in [0, 0.1) is 5.92 Å². The predicted molar refractivity (Wildman–Crippen MR) is 103 cm³/mol. The zero-order valence-corrected chi connectivity index (χ0v) is 15.6. The molecule has 3 amide bonds. The molecule has 138 valence electrons. The van der Waals surface area contributed by atoms with Crippen LogP contribution < -0.4 is 20.9 Å². The zero-order valence-electron chi connectivity index (χ0n) is 14.8. The number of hydrogen-bond donors (Lipinski definition) is 3. The maximum atomic E-state index is 12.5. The Kier molecular flexibility index (Phi) is 6.67. The van der Waals surface area contributed by atoms with Gasteiger partial charge in [0, 0.05) is 30.7 Å². The number of rotatable bonds is 3. The number of hydrogen-bond acceptors (Lipinski definition) is 3. The molecule has 1 aromatic carbocycles. The van der Waals surface area contributed by atoms with Crippen LogP contribution in [0.15, 0.2) is 18.2 Å². The first kappa shape index (κ1) is 19.5. The fourth-order valence-corrected chi connectivity index (χ4v) is 3.53. The lowest BCUT2D eigenvalue weighted by molar-refractivity contribution is -0.120. The SMILES string of the molecule is CCNC(=O)N1CCc2ccc(NC(=O)[C@H]3CCN[C@@H](C)C3)cc21.Cl. The number of piperidine rings is 1. The molecule has 2 aliphatic rings. The molecule has 0 spiro atoms. The van der Waals surface area contributed by atoms with Gasteiger partial charge in [-0.15, -0.1) is 12.4 Å². The summed E-state index contributed by atoms with van der Waals surface area (Å²) in [6.45, 7) is 6.19. The number of carbonyl (C=O) groups is 2. The largest absolute Gasteiger partial charge is 0.338 e. The van der Waals surface area contributed by atoms with Gasteiger partial charge in [-0.05, 0) is 57.4 Å². The van der Waals surface area contributed by atoms with Gasteiger partial charge in [-0.3, -0.25) is 9.69 Å². The fraction of sp³-hybridized carbons (Fsp3) is 0.556. The lowest BCUT2D eigenvalue weighted by Crippen LogP contribution is -2.40. The Bertz CT molecular complexity index is 638. The van der Waals surface area contributed by atoms with Crippen LogP contribution in [-0.4, -0.2) is 37.6 Å². The van der Waals surface area contributed by atoms with Crippen molar-refractivity contribution < 1.29 is 9.59 Å². The van der Waals surface area contributed by atoms with Crippen molar-refractivity contribution in [2.75, 3.05) is 29.9 Å². The molecule has 1 fully saturated rings. The first-order valence-corrected chi connectivity index (χ1v) is 8.81. The molecule has 0 aliphatic carbocycles. The number of amides is 3. The minimum atomic E-state index is -0.0769. The maximum absolute atomic E-state index is 12.5. The molecular formula is C18H27ClN4O2. The van der Waals surface area contributed by atoms with E-state index < -0.39 is 0 Å². The lowest BCUT2D eigenvalue weighted by atomic mass is 9.92. The van der Waals surface area contributed by atoms with E-state index >= 15 is 0 Å². The summed E-state index contributed by atoms with van der Waals surface area (Å²) in [5.41, 5.74) is 2.81. The molecule has 2 heterocycles. The van der Waals surface area contributed by atoms with Crippen LogP contribution in [-0.2, 0) is 11.2 Å². The number of benzene rings is 1. The van der Waals surface area contributed by atoms with Crippen LogP contribution in [0.1, 0.15) is 32.3 Å². The molecular weight excluding hydrogens is 340 g/mol. The van der Waals surface area contributed by atoms with Crippen molar-refractivity contribution in [3.8, 4) is 0 Å². The van der Waals surface area contributed by atoms with Gasteiger partial charge < -0.3 is 16.0 Å². The molecule has 6 nitrogen and oxygen atoms in total. The Morgan fingerprint density at radius 1 is 1.36 bits per heavy atom. The second-order valence-electron chi connectivity index (χ2n) is 6.65. The average molecular weight is 367 g/mol. The molecule has 0 radical (unpaired) electrons.